The van der Waals surface area contributed by atoms with Crippen molar-refractivity contribution in [1.82, 2.24) is 0 Å². The number of carbonyl (C=O) groups excluding carboxylic acids is 1. The molecule has 0 amide bonds. The number of aliphatic hydroxyl groups excluding tert-OH is 1. The summed E-state index contributed by atoms with van der Waals surface area (Å²) in [4.78, 5) is 12.3. The summed E-state index contributed by atoms with van der Waals surface area (Å²) in [5.41, 5.74) is 1.53. The first kappa shape index (κ1) is 12.6. The molecule has 0 aromatic heterocycles. The van der Waals surface area contributed by atoms with Crippen LogP contribution in [-0.2, 0) is 4.74 Å². The third-order valence-electron chi connectivity index (χ3n) is 3.97. The molecule has 21 heavy (non-hydrogen) atoms. The summed E-state index contributed by atoms with van der Waals surface area (Å²) in [6.45, 7) is 0. The molecule has 0 saturated carbocycles. The van der Waals surface area contributed by atoms with E-state index in [0.29, 0.717) is 11.3 Å². The summed E-state index contributed by atoms with van der Waals surface area (Å²) >= 11 is 0. The minimum absolute atomic E-state index is 0.165. The van der Waals surface area contributed by atoms with Crippen LogP contribution in [0.4, 0.5) is 0 Å². The Balaban J connectivity index is 1.51. The number of para-hydroxylation sites is 1. The molecule has 4 heteroatoms. The van der Waals surface area contributed by atoms with Crippen LogP contribution in [0.5, 0.6) is 5.75 Å². The molecule has 0 aliphatic carbocycles. The molecule has 4 rings (SSSR count). The van der Waals surface area contributed by atoms with E-state index in [0.717, 1.165) is 5.56 Å². The first-order valence-electron chi connectivity index (χ1n) is 6.94. The highest BCUT2D eigenvalue weighted by molar-refractivity contribution is 6.04. The fourth-order valence-electron chi connectivity index (χ4n) is 2.81. The van der Waals surface area contributed by atoms with Gasteiger partial charge < -0.3 is 14.6 Å². The van der Waals surface area contributed by atoms with Crippen LogP contribution in [-0.4, -0.2) is 29.2 Å². The molecule has 106 valence electrons. The highest BCUT2D eigenvalue weighted by Gasteiger charge is 2.52. The normalized spacial score (nSPS) is 27.9. The van der Waals surface area contributed by atoms with Gasteiger partial charge >= 0.3 is 0 Å². The molecule has 2 heterocycles. The van der Waals surface area contributed by atoms with Gasteiger partial charge in [0.1, 0.15) is 24.1 Å². The molecule has 2 aromatic rings. The number of benzene rings is 2. The molecular weight excluding hydrogens is 268 g/mol. The Hall–Kier alpha value is -2.17. The first-order chi connectivity index (χ1) is 10.3. The standard InChI is InChI=1S/C17H14O4/c18-13-11-8-4-5-9-12(11)20-16(13)14(19)17-15(21-17)10-6-2-1-3-7-10/h1-9,14-17,19H/t14?,15-,16?,17-/m1/s1. The monoisotopic (exact) mass is 282 g/mol. The average Bonchev–Trinajstić information content (AvgIpc) is 3.27. The predicted molar refractivity (Wildman–Crippen MR) is 75.3 cm³/mol. The van der Waals surface area contributed by atoms with Crippen LogP contribution < -0.4 is 4.74 Å². The molecule has 2 aliphatic rings. The van der Waals surface area contributed by atoms with Crippen molar-refractivity contribution >= 4 is 5.78 Å². The SMILES string of the molecule is O=C1c2ccccc2OC1C(O)[C@H]1O[C@@H]1c1ccccc1. The molecule has 1 fully saturated rings. The van der Waals surface area contributed by atoms with Gasteiger partial charge in [0.05, 0.1) is 5.56 Å². The van der Waals surface area contributed by atoms with E-state index < -0.39 is 18.3 Å². The van der Waals surface area contributed by atoms with Crippen molar-refractivity contribution in [1.29, 1.82) is 0 Å². The highest BCUT2D eigenvalue weighted by atomic mass is 16.6. The molecular formula is C17H14O4. The largest absolute Gasteiger partial charge is 0.479 e. The lowest BCUT2D eigenvalue weighted by molar-refractivity contribution is 0.0281. The third kappa shape index (κ3) is 2.04. The van der Waals surface area contributed by atoms with E-state index in [2.05, 4.69) is 0 Å². The molecule has 2 unspecified atom stereocenters. The van der Waals surface area contributed by atoms with E-state index in [4.69, 9.17) is 9.47 Å². The minimum atomic E-state index is -0.963. The predicted octanol–water partition coefficient (Wildman–Crippen LogP) is 2.13. The van der Waals surface area contributed by atoms with Gasteiger partial charge in [-0.3, -0.25) is 4.79 Å². The van der Waals surface area contributed by atoms with Crippen molar-refractivity contribution < 1.29 is 19.4 Å². The summed E-state index contributed by atoms with van der Waals surface area (Å²) in [6.07, 6.45) is -2.40. The number of ketones is 1. The molecule has 4 atom stereocenters. The minimum Gasteiger partial charge on any atom is -0.479 e. The maximum atomic E-state index is 12.3. The summed E-state index contributed by atoms with van der Waals surface area (Å²) in [5, 5.41) is 10.4. The average molecular weight is 282 g/mol. The zero-order chi connectivity index (χ0) is 14.4. The molecule has 0 spiro atoms. The van der Waals surface area contributed by atoms with Crippen LogP contribution in [0, 0.1) is 0 Å². The summed E-state index contributed by atoms with van der Waals surface area (Å²) in [5.74, 6) is 0.351. The number of ether oxygens (including phenoxy) is 2. The van der Waals surface area contributed by atoms with Gasteiger partial charge in [-0.25, -0.2) is 0 Å². The third-order valence-corrected chi connectivity index (χ3v) is 3.97. The number of Topliss-reactive ketones (excluding diaryl/α,β-unsaturated/α-hetero) is 1. The van der Waals surface area contributed by atoms with Crippen molar-refractivity contribution in [2.75, 3.05) is 0 Å². The molecule has 2 aliphatic heterocycles. The Morgan fingerprint density at radius 1 is 1.00 bits per heavy atom. The van der Waals surface area contributed by atoms with Gasteiger partial charge in [-0.05, 0) is 17.7 Å². The second-order valence-corrected chi connectivity index (χ2v) is 5.32. The van der Waals surface area contributed by atoms with Crippen molar-refractivity contribution in [2.24, 2.45) is 0 Å². The van der Waals surface area contributed by atoms with Crippen LogP contribution in [0.25, 0.3) is 0 Å². The fraction of sp³-hybridized carbons (Fsp3) is 0.235. The lowest BCUT2D eigenvalue weighted by Crippen LogP contribution is -2.38. The van der Waals surface area contributed by atoms with Crippen molar-refractivity contribution in [3.8, 4) is 5.75 Å². The van der Waals surface area contributed by atoms with Crippen LogP contribution in [0.15, 0.2) is 54.6 Å². The smallest absolute Gasteiger partial charge is 0.209 e. The number of hydrogen-bond donors (Lipinski definition) is 1. The van der Waals surface area contributed by atoms with Gasteiger partial charge in [0, 0.05) is 0 Å². The van der Waals surface area contributed by atoms with Crippen LogP contribution in [0.1, 0.15) is 22.0 Å². The second kappa shape index (κ2) is 4.69. The van der Waals surface area contributed by atoms with E-state index in [-0.39, 0.29) is 11.9 Å². The quantitative estimate of drug-likeness (QED) is 0.876. The fourth-order valence-corrected chi connectivity index (χ4v) is 2.81. The number of hydrogen-bond acceptors (Lipinski definition) is 4. The maximum Gasteiger partial charge on any atom is 0.209 e. The lowest BCUT2D eigenvalue weighted by atomic mass is 9.99. The molecule has 0 radical (unpaired) electrons. The number of carbonyl (C=O) groups is 1. The summed E-state index contributed by atoms with van der Waals surface area (Å²) in [7, 11) is 0. The Kier molecular flexibility index (Phi) is 2.80. The van der Waals surface area contributed by atoms with Crippen molar-refractivity contribution in [3.05, 3.63) is 65.7 Å². The summed E-state index contributed by atoms with van der Waals surface area (Å²) in [6, 6.07) is 16.7. The maximum absolute atomic E-state index is 12.3. The topological polar surface area (TPSA) is 59.1 Å². The number of fused-ring (bicyclic) bond motifs is 1. The van der Waals surface area contributed by atoms with Crippen molar-refractivity contribution in [2.45, 2.75) is 24.4 Å². The van der Waals surface area contributed by atoms with Gasteiger partial charge in [0.25, 0.3) is 0 Å². The molecule has 2 aromatic carbocycles. The number of rotatable bonds is 3. The van der Waals surface area contributed by atoms with Crippen LogP contribution in [0.2, 0.25) is 0 Å². The second-order valence-electron chi connectivity index (χ2n) is 5.32. The van der Waals surface area contributed by atoms with E-state index in [9.17, 15) is 9.90 Å². The molecule has 1 saturated heterocycles. The Morgan fingerprint density at radius 3 is 2.48 bits per heavy atom. The van der Waals surface area contributed by atoms with Crippen molar-refractivity contribution in [3.63, 3.8) is 0 Å². The Labute approximate surface area is 121 Å². The van der Waals surface area contributed by atoms with E-state index in [1.807, 2.05) is 30.3 Å². The first-order valence-corrected chi connectivity index (χ1v) is 6.94. The lowest BCUT2D eigenvalue weighted by Gasteiger charge is -2.14. The molecule has 4 nitrogen and oxygen atoms in total. The summed E-state index contributed by atoms with van der Waals surface area (Å²) < 4.78 is 11.1. The van der Waals surface area contributed by atoms with Gasteiger partial charge in [-0.1, -0.05) is 42.5 Å². The van der Waals surface area contributed by atoms with Gasteiger partial charge in [-0.2, -0.15) is 0 Å². The Bertz CT molecular complexity index is 682. The van der Waals surface area contributed by atoms with E-state index in [1.54, 1.807) is 24.3 Å². The number of epoxide rings is 1. The Morgan fingerprint density at radius 2 is 1.71 bits per heavy atom. The van der Waals surface area contributed by atoms with Gasteiger partial charge in [-0.15, -0.1) is 0 Å². The molecule has 0 bridgehead atoms. The zero-order valence-electron chi connectivity index (χ0n) is 11.2. The van der Waals surface area contributed by atoms with Crippen LogP contribution >= 0.6 is 0 Å². The van der Waals surface area contributed by atoms with Gasteiger partial charge in [0.15, 0.2) is 6.10 Å². The van der Waals surface area contributed by atoms with E-state index in [1.165, 1.54) is 0 Å². The number of aliphatic hydroxyl groups is 1. The molecule has 1 N–H and O–H groups in total. The van der Waals surface area contributed by atoms with Gasteiger partial charge in [0.2, 0.25) is 5.78 Å². The van der Waals surface area contributed by atoms with Crippen LogP contribution in [0.3, 0.4) is 0 Å². The van der Waals surface area contributed by atoms with E-state index >= 15 is 0 Å². The highest BCUT2D eigenvalue weighted by Crippen LogP contribution is 2.43. The zero-order valence-corrected chi connectivity index (χ0v) is 11.2.